The molecule has 1 aliphatic heterocycles. The number of aromatic nitrogens is 3. The molecule has 25 heavy (non-hydrogen) atoms. The number of likely N-dealkylation sites (tertiary alicyclic amines) is 1. The lowest BCUT2D eigenvalue weighted by Crippen LogP contribution is -2.61. The number of rotatable bonds is 6. The largest absolute Gasteiger partial charge is 0.334 e. The van der Waals surface area contributed by atoms with Crippen molar-refractivity contribution in [2.45, 2.75) is 32.4 Å². The van der Waals surface area contributed by atoms with Crippen molar-refractivity contribution < 1.29 is 4.79 Å². The van der Waals surface area contributed by atoms with Crippen molar-refractivity contribution >= 4 is 5.91 Å². The highest BCUT2D eigenvalue weighted by atomic mass is 16.2. The Morgan fingerprint density at radius 2 is 1.96 bits per heavy atom. The molecule has 6 nitrogen and oxygen atoms in total. The molecule has 3 heterocycles. The summed E-state index contributed by atoms with van der Waals surface area (Å²) in [5.74, 6) is 0.814. The van der Waals surface area contributed by atoms with Crippen LogP contribution in [0.1, 0.15) is 34.6 Å². The van der Waals surface area contributed by atoms with Crippen LogP contribution in [0.4, 0.5) is 0 Å². The first-order chi connectivity index (χ1) is 12.2. The van der Waals surface area contributed by atoms with E-state index in [4.69, 9.17) is 0 Å². The summed E-state index contributed by atoms with van der Waals surface area (Å²) >= 11 is 0. The van der Waals surface area contributed by atoms with Crippen molar-refractivity contribution in [3.63, 3.8) is 0 Å². The monoisotopic (exact) mass is 337 g/mol. The van der Waals surface area contributed by atoms with Crippen LogP contribution in [0.2, 0.25) is 0 Å². The predicted octanol–water partition coefficient (Wildman–Crippen LogP) is 1.92. The summed E-state index contributed by atoms with van der Waals surface area (Å²) in [6.45, 7) is 5.46. The highest BCUT2D eigenvalue weighted by Gasteiger charge is 2.37. The van der Waals surface area contributed by atoms with Gasteiger partial charge >= 0.3 is 0 Å². The van der Waals surface area contributed by atoms with E-state index in [2.05, 4.69) is 32.0 Å². The number of aryl methyl sites for hydroxylation is 1. The summed E-state index contributed by atoms with van der Waals surface area (Å²) in [6.07, 6.45) is 9.58. The molecular weight excluding hydrogens is 314 g/mol. The summed E-state index contributed by atoms with van der Waals surface area (Å²) in [7, 11) is 0. The van der Waals surface area contributed by atoms with Crippen LogP contribution in [0.25, 0.3) is 0 Å². The van der Waals surface area contributed by atoms with Crippen LogP contribution in [0, 0.1) is 12.8 Å². The van der Waals surface area contributed by atoms with Crippen LogP contribution in [0.15, 0.2) is 36.9 Å². The van der Waals surface area contributed by atoms with E-state index in [9.17, 15) is 4.79 Å². The van der Waals surface area contributed by atoms with Gasteiger partial charge in [0.1, 0.15) is 5.69 Å². The van der Waals surface area contributed by atoms with E-state index >= 15 is 0 Å². The lowest BCUT2D eigenvalue weighted by atomic mass is 10.0. The van der Waals surface area contributed by atoms with Gasteiger partial charge in [0.2, 0.25) is 0 Å². The third-order valence-electron chi connectivity index (χ3n) is 4.99. The summed E-state index contributed by atoms with van der Waals surface area (Å²) in [5.41, 5.74) is 2.54. The van der Waals surface area contributed by atoms with Crippen molar-refractivity contribution in [3.05, 3.63) is 53.9 Å². The molecule has 130 valence electrons. The van der Waals surface area contributed by atoms with Crippen LogP contribution in [0.3, 0.4) is 0 Å². The molecule has 1 amide bonds. The summed E-state index contributed by atoms with van der Waals surface area (Å²) < 4.78 is 0. The van der Waals surface area contributed by atoms with Crippen molar-refractivity contribution in [1.29, 1.82) is 0 Å². The highest BCUT2D eigenvalue weighted by Crippen LogP contribution is 2.32. The van der Waals surface area contributed by atoms with Gasteiger partial charge < -0.3 is 4.90 Å². The lowest BCUT2D eigenvalue weighted by Gasteiger charge is -2.45. The molecule has 0 N–H and O–H groups in total. The van der Waals surface area contributed by atoms with Gasteiger partial charge in [0.15, 0.2) is 0 Å². The topological polar surface area (TPSA) is 62.2 Å². The minimum Gasteiger partial charge on any atom is -0.334 e. The lowest BCUT2D eigenvalue weighted by molar-refractivity contribution is 0.0215. The molecule has 4 rings (SSSR count). The third kappa shape index (κ3) is 3.85. The van der Waals surface area contributed by atoms with E-state index in [0.717, 1.165) is 37.8 Å². The van der Waals surface area contributed by atoms with E-state index in [-0.39, 0.29) is 5.91 Å². The van der Waals surface area contributed by atoms with E-state index in [1.165, 1.54) is 18.4 Å². The van der Waals surface area contributed by atoms with Gasteiger partial charge in [0, 0.05) is 50.8 Å². The molecule has 1 aliphatic carbocycles. The Kier molecular flexibility index (Phi) is 4.44. The molecule has 6 heteroatoms. The van der Waals surface area contributed by atoms with Crippen molar-refractivity contribution in [2.75, 3.05) is 19.6 Å². The molecule has 1 saturated heterocycles. The first-order valence-electron chi connectivity index (χ1n) is 8.90. The predicted molar refractivity (Wildman–Crippen MR) is 93.8 cm³/mol. The maximum atomic E-state index is 12.5. The number of carbonyl (C=O) groups excluding carboxylic acids is 1. The van der Waals surface area contributed by atoms with Crippen molar-refractivity contribution in [1.82, 2.24) is 24.8 Å². The Hall–Kier alpha value is -2.34. The molecule has 0 spiro atoms. The first-order valence-corrected chi connectivity index (χ1v) is 8.90. The van der Waals surface area contributed by atoms with Crippen molar-refractivity contribution in [3.8, 4) is 0 Å². The van der Waals surface area contributed by atoms with Gasteiger partial charge in [-0.1, -0.05) is 0 Å². The second-order valence-corrected chi connectivity index (χ2v) is 7.14. The molecule has 1 saturated carbocycles. The fraction of sp³-hybridized carbons (Fsp3) is 0.474. The molecule has 2 fully saturated rings. The second-order valence-electron chi connectivity index (χ2n) is 7.14. The minimum atomic E-state index is -0.0148. The summed E-state index contributed by atoms with van der Waals surface area (Å²) in [5, 5.41) is 0. The Balaban J connectivity index is 1.37. The zero-order chi connectivity index (χ0) is 17.2. The van der Waals surface area contributed by atoms with E-state index in [0.29, 0.717) is 11.7 Å². The van der Waals surface area contributed by atoms with Gasteiger partial charge in [-0.25, -0.2) is 4.98 Å². The molecular formula is C19H23N5O. The van der Waals surface area contributed by atoms with Gasteiger partial charge in [-0.15, -0.1) is 0 Å². The quantitative estimate of drug-likeness (QED) is 0.806. The summed E-state index contributed by atoms with van der Waals surface area (Å²) in [4.78, 5) is 29.4. The molecule has 0 aromatic carbocycles. The third-order valence-corrected chi connectivity index (χ3v) is 4.99. The fourth-order valence-electron chi connectivity index (χ4n) is 3.21. The average Bonchev–Trinajstić information content (AvgIpc) is 3.39. The SMILES string of the molecule is Cc1cnc(C(=O)N2CC(N(Cc3ccncc3)CC3CC3)C2)cn1. The van der Waals surface area contributed by atoms with Crippen LogP contribution in [-0.2, 0) is 6.54 Å². The number of pyridine rings is 1. The Labute approximate surface area is 147 Å². The van der Waals surface area contributed by atoms with Crippen molar-refractivity contribution in [2.24, 2.45) is 5.92 Å². The van der Waals surface area contributed by atoms with Gasteiger partial charge in [0.25, 0.3) is 5.91 Å². The van der Waals surface area contributed by atoms with Crippen LogP contribution >= 0.6 is 0 Å². The second kappa shape index (κ2) is 6.88. The number of hydrogen-bond donors (Lipinski definition) is 0. The molecule has 2 aromatic heterocycles. The highest BCUT2D eigenvalue weighted by molar-refractivity contribution is 5.92. The van der Waals surface area contributed by atoms with Gasteiger partial charge in [-0.05, 0) is 43.4 Å². The van der Waals surface area contributed by atoms with Gasteiger partial charge in [-0.2, -0.15) is 0 Å². The minimum absolute atomic E-state index is 0.0148. The molecule has 2 aromatic rings. The first kappa shape index (κ1) is 16.1. The molecule has 0 bridgehead atoms. The normalized spacial score (nSPS) is 17.6. The van der Waals surface area contributed by atoms with Gasteiger partial charge in [-0.3, -0.25) is 19.7 Å². The zero-order valence-electron chi connectivity index (χ0n) is 14.5. The molecule has 0 atom stereocenters. The van der Waals surface area contributed by atoms with E-state index in [1.807, 2.05) is 24.2 Å². The average molecular weight is 337 g/mol. The van der Waals surface area contributed by atoms with E-state index < -0.39 is 0 Å². The Bertz CT molecular complexity index is 723. The zero-order valence-corrected chi connectivity index (χ0v) is 14.5. The summed E-state index contributed by atoms with van der Waals surface area (Å²) in [6, 6.07) is 4.57. The molecule has 0 unspecified atom stereocenters. The maximum Gasteiger partial charge on any atom is 0.274 e. The van der Waals surface area contributed by atoms with E-state index in [1.54, 1.807) is 12.4 Å². The smallest absolute Gasteiger partial charge is 0.274 e. The number of nitrogens with zero attached hydrogens (tertiary/aromatic N) is 5. The fourth-order valence-corrected chi connectivity index (χ4v) is 3.21. The van der Waals surface area contributed by atoms with Crippen LogP contribution in [-0.4, -0.2) is 56.3 Å². The standard InChI is InChI=1S/C19H23N5O/c1-14-8-22-18(9-21-14)19(25)24-12-17(13-24)23(10-15-2-3-15)11-16-4-6-20-7-5-16/h4-9,15,17H,2-3,10-13H2,1H3. The maximum absolute atomic E-state index is 12.5. The van der Waals surface area contributed by atoms with Gasteiger partial charge in [0.05, 0.1) is 11.9 Å². The Morgan fingerprint density at radius 3 is 2.60 bits per heavy atom. The number of amides is 1. The molecule has 0 radical (unpaired) electrons. The van der Waals surface area contributed by atoms with Crippen LogP contribution in [0.5, 0.6) is 0 Å². The molecule has 2 aliphatic rings. The number of hydrogen-bond acceptors (Lipinski definition) is 5. The van der Waals surface area contributed by atoms with Crippen LogP contribution < -0.4 is 0 Å². The Morgan fingerprint density at radius 1 is 1.20 bits per heavy atom. The number of carbonyl (C=O) groups is 1.